The molecule has 2 saturated heterocycles. The summed E-state index contributed by atoms with van der Waals surface area (Å²) >= 11 is 6.25. The van der Waals surface area contributed by atoms with Crippen LogP contribution in [0.3, 0.4) is 0 Å². The van der Waals surface area contributed by atoms with Crippen molar-refractivity contribution < 1.29 is 18.6 Å². The number of hydrogen-bond donors (Lipinski definition) is 2. The molecule has 3 N–H and O–H groups in total. The maximum absolute atomic E-state index is 14.1. The van der Waals surface area contributed by atoms with Gasteiger partial charge in [0.25, 0.3) is 6.43 Å². The van der Waals surface area contributed by atoms with E-state index in [1.807, 2.05) is 9.80 Å². The van der Waals surface area contributed by atoms with Crippen molar-refractivity contribution in [1.82, 2.24) is 24.5 Å². The Labute approximate surface area is 193 Å². The molecule has 1 aromatic carbocycles. The highest BCUT2D eigenvalue weighted by Gasteiger charge is 2.30. The number of alkyl halides is 2. The minimum Gasteiger partial charge on any atom is -0.399 e. The molecule has 2 aliphatic rings. The van der Waals surface area contributed by atoms with Gasteiger partial charge in [-0.25, -0.2) is 13.8 Å². The summed E-state index contributed by atoms with van der Waals surface area (Å²) in [6, 6.07) is 2.83. The fourth-order valence-electron chi connectivity index (χ4n) is 4.30. The summed E-state index contributed by atoms with van der Waals surface area (Å²) in [6.07, 6.45) is -1.26. The maximum atomic E-state index is 14.1. The lowest BCUT2D eigenvalue weighted by Crippen LogP contribution is -2.39. The van der Waals surface area contributed by atoms with Gasteiger partial charge in [0.05, 0.1) is 36.4 Å². The number of imidazole rings is 1. The number of anilines is 3. The SMILES string of the molecule is Nc1cc(Cl)c2nc(C(F)F)n(-c3nc(N4CCOCC4)nc(N4CCCC4CO)n3)c2c1. The number of aromatic nitrogens is 5. The minimum atomic E-state index is -2.90. The second kappa shape index (κ2) is 8.84. The van der Waals surface area contributed by atoms with Gasteiger partial charge in [-0.2, -0.15) is 15.0 Å². The Kier molecular flexibility index (Phi) is 5.89. The third-order valence-electron chi connectivity index (χ3n) is 5.90. The molecule has 176 valence electrons. The van der Waals surface area contributed by atoms with Crippen LogP contribution in [-0.4, -0.2) is 75.1 Å². The van der Waals surface area contributed by atoms with Gasteiger partial charge in [0.2, 0.25) is 17.8 Å². The summed E-state index contributed by atoms with van der Waals surface area (Å²) < 4.78 is 34.7. The molecule has 2 aromatic heterocycles. The van der Waals surface area contributed by atoms with E-state index >= 15 is 0 Å². The number of ether oxygens (including phenoxy) is 1. The molecule has 0 saturated carbocycles. The summed E-state index contributed by atoms with van der Waals surface area (Å²) in [6.45, 7) is 2.69. The molecule has 2 fully saturated rings. The molecule has 5 rings (SSSR count). The van der Waals surface area contributed by atoms with Gasteiger partial charge in [-0.3, -0.25) is 4.57 Å². The smallest absolute Gasteiger partial charge is 0.296 e. The van der Waals surface area contributed by atoms with Crippen molar-refractivity contribution in [2.24, 2.45) is 0 Å². The number of fused-ring (bicyclic) bond motifs is 1. The zero-order chi connectivity index (χ0) is 23.1. The van der Waals surface area contributed by atoms with Crippen LogP contribution >= 0.6 is 11.6 Å². The van der Waals surface area contributed by atoms with E-state index in [-0.39, 0.29) is 34.7 Å². The van der Waals surface area contributed by atoms with Gasteiger partial charge in [-0.05, 0) is 25.0 Å². The first-order chi connectivity index (χ1) is 16.0. The third kappa shape index (κ3) is 4.02. The van der Waals surface area contributed by atoms with Crippen molar-refractivity contribution in [3.63, 3.8) is 0 Å². The Morgan fingerprint density at radius 1 is 1.09 bits per heavy atom. The number of rotatable bonds is 5. The fraction of sp³-hybridized carbons (Fsp3) is 0.500. The van der Waals surface area contributed by atoms with Gasteiger partial charge >= 0.3 is 0 Å². The number of nitrogens with two attached hydrogens (primary N) is 1. The van der Waals surface area contributed by atoms with Crippen LogP contribution in [0.25, 0.3) is 17.0 Å². The van der Waals surface area contributed by atoms with Crippen molar-refractivity contribution in [3.05, 3.63) is 23.0 Å². The second-order valence-electron chi connectivity index (χ2n) is 7.98. The summed E-state index contributed by atoms with van der Waals surface area (Å²) in [5.74, 6) is 0.112. The topological polar surface area (TPSA) is 118 Å². The fourth-order valence-corrected chi connectivity index (χ4v) is 4.56. The molecule has 1 atom stereocenters. The summed E-state index contributed by atoms with van der Waals surface area (Å²) in [7, 11) is 0. The van der Waals surface area contributed by atoms with Crippen LogP contribution in [0.4, 0.5) is 26.4 Å². The van der Waals surface area contributed by atoms with E-state index < -0.39 is 12.2 Å². The number of aliphatic hydroxyl groups is 1. The van der Waals surface area contributed by atoms with Crippen LogP contribution in [0, 0.1) is 0 Å². The van der Waals surface area contributed by atoms with Gasteiger partial charge in [-0.1, -0.05) is 11.6 Å². The largest absolute Gasteiger partial charge is 0.399 e. The highest BCUT2D eigenvalue weighted by Crippen LogP contribution is 2.33. The molecule has 0 bridgehead atoms. The molecule has 2 aliphatic heterocycles. The first-order valence-electron chi connectivity index (χ1n) is 10.7. The molecule has 3 aromatic rings. The van der Waals surface area contributed by atoms with Crippen molar-refractivity contribution >= 4 is 40.2 Å². The van der Waals surface area contributed by atoms with Crippen LogP contribution in [0.5, 0.6) is 0 Å². The molecule has 0 radical (unpaired) electrons. The van der Waals surface area contributed by atoms with Crippen LogP contribution in [-0.2, 0) is 4.74 Å². The molecule has 10 nitrogen and oxygen atoms in total. The number of aliphatic hydroxyl groups excluding tert-OH is 1. The first-order valence-corrected chi connectivity index (χ1v) is 11.1. The van der Waals surface area contributed by atoms with E-state index in [1.165, 1.54) is 16.7 Å². The lowest BCUT2D eigenvalue weighted by atomic mass is 10.2. The predicted octanol–water partition coefficient (Wildman–Crippen LogP) is 2.18. The van der Waals surface area contributed by atoms with Gasteiger partial charge < -0.3 is 25.4 Å². The Morgan fingerprint density at radius 2 is 1.82 bits per heavy atom. The zero-order valence-corrected chi connectivity index (χ0v) is 18.4. The van der Waals surface area contributed by atoms with Crippen LogP contribution < -0.4 is 15.5 Å². The first kappa shape index (κ1) is 22.0. The third-order valence-corrected chi connectivity index (χ3v) is 6.18. The number of nitrogens with zero attached hydrogens (tertiary/aromatic N) is 7. The van der Waals surface area contributed by atoms with E-state index in [0.29, 0.717) is 50.4 Å². The average Bonchev–Trinajstić information content (AvgIpc) is 3.44. The zero-order valence-electron chi connectivity index (χ0n) is 17.7. The lowest BCUT2D eigenvalue weighted by molar-refractivity contribution is 0.122. The molecule has 0 aliphatic carbocycles. The number of hydrogen-bond acceptors (Lipinski definition) is 9. The van der Waals surface area contributed by atoms with Crippen LogP contribution in [0.2, 0.25) is 5.02 Å². The van der Waals surface area contributed by atoms with E-state index in [9.17, 15) is 13.9 Å². The molecule has 0 amide bonds. The van der Waals surface area contributed by atoms with E-state index in [0.717, 1.165) is 12.8 Å². The summed E-state index contributed by atoms with van der Waals surface area (Å²) in [5.41, 5.74) is 6.71. The van der Waals surface area contributed by atoms with Crippen molar-refractivity contribution in [3.8, 4) is 5.95 Å². The number of nitrogen functional groups attached to an aromatic ring is 1. The van der Waals surface area contributed by atoms with E-state index in [1.54, 1.807) is 0 Å². The van der Waals surface area contributed by atoms with E-state index in [4.69, 9.17) is 22.1 Å². The highest BCUT2D eigenvalue weighted by atomic mass is 35.5. The second-order valence-corrected chi connectivity index (χ2v) is 8.39. The molecule has 0 spiro atoms. The van der Waals surface area contributed by atoms with Crippen LogP contribution in [0.1, 0.15) is 25.1 Å². The van der Waals surface area contributed by atoms with Crippen molar-refractivity contribution in [2.45, 2.75) is 25.3 Å². The van der Waals surface area contributed by atoms with Gasteiger partial charge in [0.15, 0.2) is 5.82 Å². The standard InChI is InChI=1S/C20H23ClF2N8O2/c21-13-8-11(24)9-14-15(13)25-17(16(22)23)31(14)20-27-18(29-4-6-33-7-5-29)26-19(28-20)30-3-1-2-12(30)10-32/h8-9,12,16,32H,1-7,10,24H2. The van der Waals surface area contributed by atoms with Crippen LogP contribution in [0.15, 0.2) is 12.1 Å². The van der Waals surface area contributed by atoms with Crippen molar-refractivity contribution in [1.29, 1.82) is 0 Å². The number of morpholine rings is 1. The molecule has 13 heteroatoms. The maximum Gasteiger partial charge on any atom is 0.296 e. The minimum absolute atomic E-state index is 0.00968. The molecule has 1 unspecified atom stereocenters. The molecule has 33 heavy (non-hydrogen) atoms. The monoisotopic (exact) mass is 480 g/mol. The number of benzene rings is 1. The van der Waals surface area contributed by atoms with Gasteiger partial charge in [0.1, 0.15) is 5.52 Å². The lowest BCUT2D eigenvalue weighted by Gasteiger charge is -2.29. The quantitative estimate of drug-likeness (QED) is 0.529. The van der Waals surface area contributed by atoms with Crippen molar-refractivity contribution in [2.75, 3.05) is 55.0 Å². The molecular formula is C20H23ClF2N8O2. The Bertz CT molecular complexity index is 1170. The molecule has 4 heterocycles. The van der Waals surface area contributed by atoms with E-state index in [2.05, 4.69) is 19.9 Å². The highest BCUT2D eigenvalue weighted by molar-refractivity contribution is 6.35. The van der Waals surface area contributed by atoms with Gasteiger partial charge in [-0.15, -0.1) is 0 Å². The van der Waals surface area contributed by atoms with Gasteiger partial charge in [0, 0.05) is 25.3 Å². The summed E-state index contributed by atoms with van der Waals surface area (Å²) in [5, 5.41) is 9.97. The normalized spacial score (nSPS) is 19.2. The summed E-state index contributed by atoms with van der Waals surface area (Å²) in [4.78, 5) is 21.6. The average molecular weight is 481 g/mol. The molecular weight excluding hydrogens is 458 g/mol. The predicted molar refractivity (Wildman–Crippen MR) is 119 cm³/mol. The number of halogens is 3. The Morgan fingerprint density at radius 3 is 2.55 bits per heavy atom. The Hall–Kier alpha value is -2.83. The Balaban J connectivity index is 1.73.